The Bertz CT molecular complexity index is 1500. The summed E-state index contributed by atoms with van der Waals surface area (Å²) in [5, 5.41) is 3.57. The zero-order chi connectivity index (χ0) is 31.0. The number of nitrogens with one attached hydrogen (secondary N) is 1. The SMILES string of the molecule is CCC(C(=O)NCC(C)C)N(Cc1ccc(Cl)c(Cl)c1)C(=O)CN(c1cccc(OC)c1)S(=O)(=O)c1ccc(C)cc1. The van der Waals surface area contributed by atoms with E-state index < -0.39 is 28.5 Å². The summed E-state index contributed by atoms with van der Waals surface area (Å²) >= 11 is 12.4. The third-order valence-corrected chi connectivity index (χ3v) is 9.16. The Hall–Kier alpha value is -3.27. The largest absolute Gasteiger partial charge is 0.497 e. The number of carbonyl (C=O) groups excluding carboxylic acids is 2. The molecule has 0 aromatic heterocycles. The first-order chi connectivity index (χ1) is 19.9. The van der Waals surface area contributed by atoms with E-state index in [1.165, 1.54) is 24.1 Å². The summed E-state index contributed by atoms with van der Waals surface area (Å²) in [6, 6.07) is 17.0. The lowest BCUT2D eigenvalue weighted by molar-refractivity contribution is -0.140. The Morgan fingerprint density at radius 2 is 1.67 bits per heavy atom. The van der Waals surface area contributed by atoms with Crippen LogP contribution in [0.4, 0.5) is 5.69 Å². The highest BCUT2D eigenvalue weighted by atomic mass is 35.5. The second-order valence-corrected chi connectivity index (χ2v) is 13.0. The van der Waals surface area contributed by atoms with E-state index in [1.807, 2.05) is 20.8 Å². The van der Waals surface area contributed by atoms with Crippen molar-refractivity contribution in [2.24, 2.45) is 5.92 Å². The Morgan fingerprint density at radius 1 is 0.976 bits per heavy atom. The van der Waals surface area contributed by atoms with Crippen molar-refractivity contribution in [2.75, 3.05) is 24.5 Å². The van der Waals surface area contributed by atoms with Crippen molar-refractivity contribution in [3.8, 4) is 5.75 Å². The molecule has 0 saturated heterocycles. The van der Waals surface area contributed by atoms with Crippen molar-refractivity contribution in [3.05, 3.63) is 87.9 Å². The zero-order valence-electron chi connectivity index (χ0n) is 24.4. The van der Waals surface area contributed by atoms with Crippen LogP contribution in [0.2, 0.25) is 10.0 Å². The number of halogens is 2. The van der Waals surface area contributed by atoms with Crippen LogP contribution in [-0.4, -0.2) is 51.4 Å². The average molecular weight is 635 g/mol. The van der Waals surface area contributed by atoms with Gasteiger partial charge in [0.25, 0.3) is 10.0 Å². The molecule has 0 radical (unpaired) electrons. The second-order valence-electron chi connectivity index (χ2n) is 10.4. The summed E-state index contributed by atoms with van der Waals surface area (Å²) in [5.74, 6) is -0.259. The van der Waals surface area contributed by atoms with Gasteiger partial charge in [-0.25, -0.2) is 8.42 Å². The molecule has 0 spiro atoms. The lowest BCUT2D eigenvalue weighted by atomic mass is 10.1. The molecule has 2 amide bonds. The summed E-state index contributed by atoms with van der Waals surface area (Å²) < 4.78 is 34.4. The van der Waals surface area contributed by atoms with Crippen LogP contribution in [0, 0.1) is 12.8 Å². The fourth-order valence-electron chi connectivity index (χ4n) is 4.31. The van der Waals surface area contributed by atoms with Crippen LogP contribution < -0.4 is 14.4 Å². The molecule has 0 aliphatic rings. The number of aryl methyl sites for hydroxylation is 1. The first-order valence-electron chi connectivity index (χ1n) is 13.6. The molecule has 3 aromatic carbocycles. The summed E-state index contributed by atoms with van der Waals surface area (Å²) in [7, 11) is -2.72. The van der Waals surface area contributed by atoms with Crippen molar-refractivity contribution in [2.45, 2.75) is 51.6 Å². The lowest BCUT2D eigenvalue weighted by Gasteiger charge is -2.33. The van der Waals surface area contributed by atoms with E-state index in [1.54, 1.807) is 61.5 Å². The predicted octanol–water partition coefficient (Wildman–Crippen LogP) is 6.09. The Morgan fingerprint density at radius 3 is 2.26 bits per heavy atom. The number of ether oxygens (including phenoxy) is 1. The molecule has 3 aromatic rings. The fraction of sp³-hybridized carbons (Fsp3) is 0.355. The van der Waals surface area contributed by atoms with Crippen molar-refractivity contribution in [1.29, 1.82) is 0 Å². The quantitative estimate of drug-likeness (QED) is 0.246. The number of methoxy groups -OCH3 is 1. The topological polar surface area (TPSA) is 96.0 Å². The highest BCUT2D eigenvalue weighted by molar-refractivity contribution is 7.92. The molecule has 226 valence electrons. The van der Waals surface area contributed by atoms with Crippen molar-refractivity contribution in [3.63, 3.8) is 0 Å². The van der Waals surface area contributed by atoms with E-state index in [-0.39, 0.29) is 29.0 Å². The summed E-state index contributed by atoms with van der Waals surface area (Å²) in [6.45, 7) is 7.50. The lowest BCUT2D eigenvalue weighted by Crippen LogP contribution is -2.52. The molecule has 0 fully saturated rings. The number of carbonyl (C=O) groups is 2. The molecule has 3 rings (SSSR count). The van der Waals surface area contributed by atoms with Crippen LogP contribution in [0.5, 0.6) is 5.75 Å². The molecule has 0 aliphatic heterocycles. The third kappa shape index (κ3) is 8.40. The van der Waals surface area contributed by atoms with Gasteiger partial charge >= 0.3 is 0 Å². The molecule has 0 heterocycles. The van der Waals surface area contributed by atoms with Crippen LogP contribution in [-0.2, 0) is 26.2 Å². The monoisotopic (exact) mass is 633 g/mol. The maximum absolute atomic E-state index is 14.2. The normalized spacial score (nSPS) is 12.1. The van der Waals surface area contributed by atoms with Gasteiger partial charge in [-0.15, -0.1) is 0 Å². The average Bonchev–Trinajstić information content (AvgIpc) is 2.96. The first-order valence-corrected chi connectivity index (χ1v) is 15.8. The van der Waals surface area contributed by atoms with Gasteiger partial charge in [0.05, 0.1) is 27.7 Å². The van der Waals surface area contributed by atoms with Crippen LogP contribution in [0.25, 0.3) is 0 Å². The number of hydrogen-bond donors (Lipinski definition) is 1. The molecule has 0 aliphatic carbocycles. The predicted molar refractivity (Wildman–Crippen MR) is 168 cm³/mol. The number of hydrogen-bond acceptors (Lipinski definition) is 5. The van der Waals surface area contributed by atoms with Crippen LogP contribution >= 0.6 is 23.2 Å². The van der Waals surface area contributed by atoms with E-state index in [2.05, 4.69) is 5.32 Å². The van der Waals surface area contributed by atoms with Gasteiger partial charge in [-0.05, 0) is 61.2 Å². The summed E-state index contributed by atoms with van der Waals surface area (Å²) in [4.78, 5) is 28.9. The van der Waals surface area contributed by atoms with Crippen LogP contribution in [0.3, 0.4) is 0 Å². The van der Waals surface area contributed by atoms with Gasteiger partial charge in [-0.1, -0.05) is 73.8 Å². The number of rotatable bonds is 13. The van der Waals surface area contributed by atoms with Gasteiger partial charge in [-0.3, -0.25) is 13.9 Å². The van der Waals surface area contributed by atoms with Crippen molar-refractivity contribution in [1.82, 2.24) is 10.2 Å². The highest BCUT2D eigenvalue weighted by Crippen LogP contribution is 2.29. The summed E-state index contributed by atoms with van der Waals surface area (Å²) in [6.07, 6.45) is 0.306. The molecule has 1 atom stereocenters. The Labute approximate surface area is 258 Å². The van der Waals surface area contributed by atoms with Gasteiger partial charge in [0.2, 0.25) is 11.8 Å². The van der Waals surface area contributed by atoms with E-state index >= 15 is 0 Å². The van der Waals surface area contributed by atoms with Crippen molar-refractivity contribution >= 4 is 50.7 Å². The van der Waals surface area contributed by atoms with E-state index in [0.29, 0.717) is 34.3 Å². The maximum atomic E-state index is 14.2. The minimum Gasteiger partial charge on any atom is -0.497 e. The Kier molecular flexibility index (Phi) is 11.7. The molecule has 1 unspecified atom stereocenters. The highest BCUT2D eigenvalue weighted by Gasteiger charge is 2.34. The number of anilines is 1. The summed E-state index contributed by atoms with van der Waals surface area (Å²) in [5.41, 5.74) is 1.78. The minimum absolute atomic E-state index is 0.0137. The van der Waals surface area contributed by atoms with E-state index in [9.17, 15) is 18.0 Å². The van der Waals surface area contributed by atoms with Gasteiger partial charge in [0.1, 0.15) is 18.3 Å². The first kappa shape index (κ1) is 33.2. The van der Waals surface area contributed by atoms with E-state index in [0.717, 1.165) is 9.87 Å². The third-order valence-electron chi connectivity index (χ3n) is 6.64. The molecular formula is C31H37Cl2N3O5S. The molecule has 42 heavy (non-hydrogen) atoms. The maximum Gasteiger partial charge on any atom is 0.264 e. The number of amides is 2. The smallest absolute Gasteiger partial charge is 0.264 e. The van der Waals surface area contributed by atoms with Gasteiger partial charge in [-0.2, -0.15) is 0 Å². The number of nitrogens with zero attached hydrogens (tertiary/aromatic N) is 2. The van der Waals surface area contributed by atoms with Crippen LogP contribution in [0.15, 0.2) is 71.6 Å². The standard InChI is InChI=1S/C31H37Cl2N3O5S/c1-6-29(31(38)34-18-21(2)3)35(19-23-12-15-27(32)28(33)16-23)30(37)20-36(24-8-7-9-25(17-24)41-5)42(39,40)26-13-10-22(4)11-14-26/h7-17,21,29H,6,18-20H2,1-5H3,(H,34,38). The van der Waals surface area contributed by atoms with Gasteiger partial charge in [0.15, 0.2) is 0 Å². The Balaban J connectivity index is 2.08. The number of sulfonamides is 1. The van der Waals surface area contributed by atoms with Crippen LogP contribution in [0.1, 0.15) is 38.3 Å². The number of benzene rings is 3. The molecular weight excluding hydrogens is 597 g/mol. The fourth-order valence-corrected chi connectivity index (χ4v) is 6.04. The van der Waals surface area contributed by atoms with Crippen molar-refractivity contribution < 1.29 is 22.7 Å². The molecule has 0 bridgehead atoms. The molecule has 8 nitrogen and oxygen atoms in total. The second kappa shape index (κ2) is 14.8. The van der Waals surface area contributed by atoms with E-state index in [4.69, 9.17) is 27.9 Å². The molecule has 1 N–H and O–H groups in total. The molecule has 0 saturated carbocycles. The van der Waals surface area contributed by atoms with Gasteiger partial charge in [0, 0.05) is 19.2 Å². The minimum atomic E-state index is -4.19. The van der Waals surface area contributed by atoms with Gasteiger partial charge < -0.3 is 15.0 Å². The molecule has 11 heteroatoms. The zero-order valence-corrected chi connectivity index (χ0v) is 26.8.